The van der Waals surface area contributed by atoms with Crippen molar-refractivity contribution in [1.82, 2.24) is 0 Å². The van der Waals surface area contributed by atoms with Gasteiger partial charge in [0.05, 0.1) is 30.1 Å². The van der Waals surface area contributed by atoms with Crippen LogP contribution in [0.1, 0.15) is 37.5 Å². The van der Waals surface area contributed by atoms with Gasteiger partial charge in [0.25, 0.3) is 0 Å². The van der Waals surface area contributed by atoms with Crippen LogP contribution in [-0.2, 0) is 20.0 Å². The predicted octanol–water partition coefficient (Wildman–Crippen LogP) is 3.62. The number of piperazine rings is 1. The van der Waals surface area contributed by atoms with Crippen molar-refractivity contribution in [3.05, 3.63) is 59.2 Å². The number of hydrogen-bond donors (Lipinski definition) is 0. The minimum Gasteiger partial charge on any atom is -0.356 e. The van der Waals surface area contributed by atoms with Crippen LogP contribution >= 0.6 is 0 Å². The van der Waals surface area contributed by atoms with E-state index in [0.717, 1.165) is 22.5 Å². The van der Waals surface area contributed by atoms with Crippen LogP contribution in [0.5, 0.6) is 0 Å². The molecule has 0 saturated carbocycles. The molecule has 5 nitrogen and oxygen atoms in total. The number of rotatable bonds is 2. The Bertz CT molecular complexity index is 1080. The van der Waals surface area contributed by atoms with Crippen LogP contribution in [0.25, 0.3) is 0 Å². The highest BCUT2D eigenvalue weighted by Crippen LogP contribution is 2.35. The molecule has 2 aliphatic rings. The van der Waals surface area contributed by atoms with Crippen LogP contribution in [0.4, 0.5) is 11.4 Å². The molecule has 30 heavy (non-hydrogen) atoms. The highest BCUT2D eigenvalue weighted by molar-refractivity contribution is 7.91. The van der Waals surface area contributed by atoms with Gasteiger partial charge in [0.15, 0.2) is 9.84 Å². The van der Waals surface area contributed by atoms with Gasteiger partial charge in [-0.3, -0.25) is 4.79 Å². The monoisotopic (exact) mass is 426 g/mol. The number of benzene rings is 2. The number of anilines is 2. The van der Waals surface area contributed by atoms with Gasteiger partial charge >= 0.3 is 0 Å². The first-order chi connectivity index (χ1) is 14.0. The van der Waals surface area contributed by atoms with Gasteiger partial charge in [0.2, 0.25) is 5.91 Å². The Labute approximate surface area is 179 Å². The molecule has 1 amide bonds. The molecule has 2 aliphatic heterocycles. The summed E-state index contributed by atoms with van der Waals surface area (Å²) in [6, 6.07) is 13.5. The molecule has 0 bridgehead atoms. The van der Waals surface area contributed by atoms with Gasteiger partial charge in [0.1, 0.15) is 0 Å². The number of carbonyl (C=O) groups excluding carboxylic acids is 1. The van der Waals surface area contributed by atoms with Crippen LogP contribution < -0.4 is 9.80 Å². The first kappa shape index (κ1) is 20.9. The largest absolute Gasteiger partial charge is 0.356 e. The molecule has 2 atom stereocenters. The number of amides is 1. The minimum atomic E-state index is -3.22. The van der Waals surface area contributed by atoms with E-state index in [1.807, 2.05) is 49.1 Å². The Hall–Kier alpha value is -2.34. The minimum absolute atomic E-state index is 0.00685. The smallest absolute Gasteiger partial charge is 0.246 e. The molecule has 0 radical (unpaired) electrons. The molecule has 0 aliphatic carbocycles. The van der Waals surface area contributed by atoms with Gasteiger partial charge in [-0.1, -0.05) is 39.0 Å². The van der Waals surface area contributed by atoms with E-state index >= 15 is 0 Å². The summed E-state index contributed by atoms with van der Waals surface area (Å²) in [6.45, 7) is 10.7. The van der Waals surface area contributed by atoms with Gasteiger partial charge < -0.3 is 9.80 Å². The molecule has 160 valence electrons. The Balaban J connectivity index is 1.72. The zero-order valence-corrected chi connectivity index (χ0v) is 19.2. The lowest BCUT2D eigenvalue weighted by molar-refractivity contribution is -0.118. The predicted molar refractivity (Wildman–Crippen MR) is 122 cm³/mol. The summed E-state index contributed by atoms with van der Waals surface area (Å²) in [4.78, 5) is 17.0. The van der Waals surface area contributed by atoms with Crippen molar-refractivity contribution in [3.8, 4) is 0 Å². The average Bonchev–Trinajstić information content (AvgIpc) is 2.97. The van der Waals surface area contributed by atoms with E-state index in [-0.39, 0.29) is 41.5 Å². The molecule has 2 aromatic carbocycles. The Morgan fingerprint density at radius 2 is 1.47 bits per heavy atom. The van der Waals surface area contributed by atoms with Crippen LogP contribution in [0.3, 0.4) is 0 Å². The summed E-state index contributed by atoms with van der Waals surface area (Å²) in [5.74, 6) is 0.0248. The van der Waals surface area contributed by atoms with Gasteiger partial charge in [-0.2, -0.15) is 0 Å². The lowest BCUT2D eigenvalue weighted by atomic mass is 9.87. The summed E-state index contributed by atoms with van der Waals surface area (Å²) < 4.78 is 25.2. The first-order valence-corrected chi connectivity index (χ1v) is 12.3. The fraction of sp³-hybridized carbons (Fsp3) is 0.458. The number of fused-ring (bicyclic) bond motifs is 1. The van der Waals surface area contributed by atoms with Crippen LogP contribution in [0.2, 0.25) is 0 Å². The summed E-state index contributed by atoms with van der Waals surface area (Å²) in [5, 5.41) is 0. The van der Waals surface area contributed by atoms with E-state index in [1.165, 1.54) is 5.56 Å². The van der Waals surface area contributed by atoms with Crippen molar-refractivity contribution in [3.63, 3.8) is 0 Å². The Morgan fingerprint density at radius 1 is 0.867 bits per heavy atom. The third-order valence-corrected chi connectivity index (χ3v) is 8.13. The van der Waals surface area contributed by atoms with E-state index in [0.29, 0.717) is 0 Å². The topological polar surface area (TPSA) is 57.7 Å². The van der Waals surface area contributed by atoms with Gasteiger partial charge in [0, 0.05) is 11.4 Å². The summed E-state index contributed by atoms with van der Waals surface area (Å²) in [6.07, 6.45) is 0. The third-order valence-electron chi connectivity index (χ3n) is 6.43. The Morgan fingerprint density at radius 3 is 2.07 bits per heavy atom. The number of nitrogens with zero attached hydrogens (tertiary/aromatic N) is 2. The van der Waals surface area contributed by atoms with Crippen molar-refractivity contribution >= 4 is 27.1 Å². The standard InChI is InChI=1S/C24H30N2O3S/c1-16-6-9-20(12-17(16)2)26-22-15-30(28,29)14-21(22)25(13-23(26)27)19-10-7-18(8-11-19)24(3,4)5/h6-12,21-22H,13-15H2,1-5H3. The highest BCUT2D eigenvalue weighted by atomic mass is 32.2. The van der Waals surface area contributed by atoms with E-state index in [9.17, 15) is 13.2 Å². The molecule has 0 N–H and O–H groups in total. The lowest BCUT2D eigenvalue weighted by Crippen LogP contribution is -2.62. The molecule has 2 unspecified atom stereocenters. The van der Waals surface area contributed by atoms with E-state index < -0.39 is 9.84 Å². The zero-order valence-electron chi connectivity index (χ0n) is 18.3. The molecule has 0 spiro atoms. The maximum atomic E-state index is 13.2. The Kier molecular flexibility index (Phi) is 4.96. The molecule has 2 fully saturated rings. The second-order valence-corrected chi connectivity index (χ2v) is 11.8. The van der Waals surface area contributed by atoms with Gasteiger partial charge in [-0.05, 0) is 60.2 Å². The van der Waals surface area contributed by atoms with Crippen molar-refractivity contribution in [2.75, 3.05) is 27.9 Å². The molecular formula is C24H30N2O3S. The molecule has 2 heterocycles. The van der Waals surface area contributed by atoms with E-state index in [1.54, 1.807) is 4.90 Å². The quantitative estimate of drug-likeness (QED) is 0.736. The summed E-state index contributed by atoms with van der Waals surface area (Å²) in [7, 11) is -3.22. The number of hydrogen-bond acceptors (Lipinski definition) is 4. The third kappa shape index (κ3) is 3.73. The van der Waals surface area contributed by atoms with E-state index in [2.05, 4.69) is 32.9 Å². The first-order valence-electron chi connectivity index (χ1n) is 10.4. The average molecular weight is 427 g/mol. The second kappa shape index (κ2) is 7.12. The maximum Gasteiger partial charge on any atom is 0.246 e. The number of sulfone groups is 1. The zero-order chi connectivity index (χ0) is 21.8. The number of carbonyl (C=O) groups is 1. The fourth-order valence-electron chi connectivity index (χ4n) is 4.53. The van der Waals surface area contributed by atoms with Crippen LogP contribution in [-0.4, -0.2) is 44.5 Å². The lowest BCUT2D eigenvalue weighted by Gasteiger charge is -2.44. The highest BCUT2D eigenvalue weighted by Gasteiger charge is 2.50. The van der Waals surface area contributed by atoms with Crippen molar-refractivity contribution in [2.45, 2.75) is 52.1 Å². The van der Waals surface area contributed by atoms with E-state index in [4.69, 9.17) is 0 Å². The maximum absolute atomic E-state index is 13.2. The second-order valence-electron chi connectivity index (χ2n) is 9.67. The summed E-state index contributed by atoms with van der Waals surface area (Å²) in [5.41, 5.74) is 5.19. The summed E-state index contributed by atoms with van der Waals surface area (Å²) >= 11 is 0. The molecule has 2 saturated heterocycles. The van der Waals surface area contributed by atoms with Crippen molar-refractivity contribution in [2.24, 2.45) is 0 Å². The van der Waals surface area contributed by atoms with Gasteiger partial charge in [-0.15, -0.1) is 0 Å². The van der Waals surface area contributed by atoms with Crippen LogP contribution in [0.15, 0.2) is 42.5 Å². The van der Waals surface area contributed by atoms with Gasteiger partial charge in [-0.25, -0.2) is 8.42 Å². The molecular weight excluding hydrogens is 396 g/mol. The van der Waals surface area contributed by atoms with Crippen molar-refractivity contribution < 1.29 is 13.2 Å². The van der Waals surface area contributed by atoms with Crippen LogP contribution in [0, 0.1) is 13.8 Å². The molecule has 2 aromatic rings. The van der Waals surface area contributed by atoms with Crippen molar-refractivity contribution in [1.29, 1.82) is 0 Å². The molecule has 0 aromatic heterocycles. The normalized spacial score (nSPS) is 23.6. The number of aryl methyl sites for hydroxylation is 2. The SMILES string of the molecule is Cc1ccc(N2C(=O)CN(c3ccc(C(C)(C)C)cc3)C3CS(=O)(=O)CC32)cc1C. The molecule has 4 rings (SSSR count). The molecule has 6 heteroatoms. The fourth-order valence-corrected chi connectivity index (χ4v) is 6.48.